The number of ether oxygens (including phenoxy) is 1. The topological polar surface area (TPSA) is 47.4 Å². The second-order valence-corrected chi connectivity index (χ2v) is 9.22. The maximum absolute atomic E-state index is 13.0. The van der Waals surface area contributed by atoms with E-state index in [1.54, 1.807) is 4.90 Å². The summed E-state index contributed by atoms with van der Waals surface area (Å²) in [7, 11) is 0. The zero-order valence-corrected chi connectivity index (χ0v) is 19.9. The summed E-state index contributed by atoms with van der Waals surface area (Å²) in [6.45, 7) is 3.78. The average molecular weight is 484 g/mol. The third kappa shape index (κ3) is 5.13. The molecule has 1 fully saturated rings. The maximum atomic E-state index is 13.0. The van der Waals surface area contributed by atoms with E-state index in [9.17, 15) is 4.79 Å². The Bertz CT molecular complexity index is 1140. The minimum Gasteiger partial charge on any atom is -0.382 e. The van der Waals surface area contributed by atoms with Crippen LogP contribution in [0.15, 0.2) is 65.7 Å². The molecule has 1 amide bonds. The Morgan fingerprint density at radius 1 is 1.16 bits per heavy atom. The zero-order chi connectivity index (χ0) is 22.5. The van der Waals surface area contributed by atoms with Gasteiger partial charge in [-0.2, -0.15) is 5.10 Å². The van der Waals surface area contributed by atoms with Gasteiger partial charge in [-0.25, -0.2) is 4.68 Å². The first-order valence-electron chi connectivity index (χ1n) is 10.3. The molecule has 0 spiro atoms. The van der Waals surface area contributed by atoms with Gasteiger partial charge >= 0.3 is 0 Å². The van der Waals surface area contributed by atoms with Crippen molar-refractivity contribution in [3.05, 3.63) is 76.3 Å². The molecule has 5 nitrogen and oxygen atoms in total. The van der Waals surface area contributed by atoms with Crippen LogP contribution in [0.2, 0.25) is 5.02 Å². The van der Waals surface area contributed by atoms with Crippen molar-refractivity contribution in [1.82, 2.24) is 14.7 Å². The van der Waals surface area contributed by atoms with Crippen LogP contribution >= 0.6 is 35.6 Å². The molecular weight excluding hydrogens is 462 g/mol. The Morgan fingerprint density at radius 3 is 2.62 bits per heavy atom. The highest BCUT2D eigenvalue weighted by atomic mass is 35.5. The molecule has 1 aliphatic rings. The van der Waals surface area contributed by atoms with Gasteiger partial charge in [0.1, 0.15) is 4.32 Å². The first-order valence-corrected chi connectivity index (χ1v) is 11.9. The van der Waals surface area contributed by atoms with Crippen molar-refractivity contribution in [1.29, 1.82) is 0 Å². The zero-order valence-electron chi connectivity index (χ0n) is 17.5. The third-order valence-corrected chi connectivity index (χ3v) is 6.55. The molecule has 0 atom stereocenters. The van der Waals surface area contributed by atoms with Crippen LogP contribution in [0.25, 0.3) is 23.0 Å². The van der Waals surface area contributed by atoms with E-state index in [2.05, 4.69) is 0 Å². The van der Waals surface area contributed by atoms with Crippen molar-refractivity contribution in [2.45, 2.75) is 13.3 Å². The number of hydrogen-bond acceptors (Lipinski definition) is 5. The molecule has 2 heterocycles. The molecule has 8 heteroatoms. The van der Waals surface area contributed by atoms with Crippen molar-refractivity contribution in [2.75, 3.05) is 19.8 Å². The average Bonchev–Trinajstić information content (AvgIpc) is 3.34. The van der Waals surface area contributed by atoms with E-state index < -0.39 is 0 Å². The predicted octanol–water partition coefficient (Wildman–Crippen LogP) is 5.82. The molecule has 0 N–H and O–H groups in total. The monoisotopic (exact) mass is 483 g/mol. The van der Waals surface area contributed by atoms with Gasteiger partial charge in [0.05, 0.1) is 16.3 Å². The van der Waals surface area contributed by atoms with Gasteiger partial charge in [0, 0.05) is 42.1 Å². The number of thiocarbonyl (C=S) groups is 1. The largest absolute Gasteiger partial charge is 0.382 e. The number of carbonyl (C=O) groups excluding carboxylic acids is 1. The number of benzene rings is 2. The van der Waals surface area contributed by atoms with Crippen LogP contribution in [0.4, 0.5) is 0 Å². The van der Waals surface area contributed by atoms with E-state index in [0.29, 0.717) is 34.0 Å². The minimum atomic E-state index is -0.0778. The number of hydrogen-bond donors (Lipinski definition) is 0. The van der Waals surface area contributed by atoms with Gasteiger partial charge in [-0.3, -0.25) is 9.69 Å². The molecule has 1 saturated heterocycles. The number of nitrogens with zero attached hydrogens (tertiary/aromatic N) is 3. The molecule has 0 unspecified atom stereocenters. The standard InChI is InChI=1S/C24H22ClN3O2S2/c1-2-30-14-6-13-27-23(29)21(32-24(27)31)15-18-16-28(20-7-4-3-5-8-20)26-22(18)17-9-11-19(25)12-10-17/h3-5,7-12,15-16H,2,6,13-14H2,1H3/b21-15-. The van der Waals surface area contributed by atoms with E-state index in [0.717, 1.165) is 28.9 Å². The molecule has 2 aromatic carbocycles. The number of amides is 1. The lowest BCUT2D eigenvalue weighted by atomic mass is 10.1. The summed E-state index contributed by atoms with van der Waals surface area (Å²) >= 11 is 12.9. The smallest absolute Gasteiger partial charge is 0.266 e. The highest BCUT2D eigenvalue weighted by Gasteiger charge is 2.32. The molecule has 1 aliphatic heterocycles. The summed E-state index contributed by atoms with van der Waals surface area (Å²) in [5.74, 6) is -0.0778. The predicted molar refractivity (Wildman–Crippen MR) is 135 cm³/mol. The Morgan fingerprint density at radius 2 is 1.91 bits per heavy atom. The SMILES string of the molecule is CCOCCCN1C(=O)/C(=C/c2cn(-c3ccccc3)nc2-c2ccc(Cl)cc2)SC1=S. The first kappa shape index (κ1) is 22.7. The molecule has 0 aliphatic carbocycles. The Balaban J connectivity index is 1.67. The van der Waals surface area contributed by atoms with E-state index in [-0.39, 0.29) is 5.91 Å². The lowest BCUT2D eigenvalue weighted by Crippen LogP contribution is -2.29. The van der Waals surface area contributed by atoms with Crippen molar-refractivity contribution < 1.29 is 9.53 Å². The summed E-state index contributed by atoms with van der Waals surface area (Å²) in [6.07, 6.45) is 4.55. The maximum Gasteiger partial charge on any atom is 0.266 e. The molecule has 1 aromatic heterocycles. The summed E-state index contributed by atoms with van der Waals surface area (Å²) in [6, 6.07) is 17.4. The number of para-hydroxylation sites is 1. The van der Waals surface area contributed by atoms with Crippen molar-refractivity contribution in [2.24, 2.45) is 0 Å². The quantitative estimate of drug-likeness (QED) is 0.229. The fourth-order valence-corrected chi connectivity index (χ4v) is 4.77. The highest BCUT2D eigenvalue weighted by molar-refractivity contribution is 8.26. The lowest BCUT2D eigenvalue weighted by Gasteiger charge is -2.13. The van der Waals surface area contributed by atoms with Gasteiger partial charge < -0.3 is 4.74 Å². The van der Waals surface area contributed by atoms with Crippen LogP contribution in [-0.4, -0.2) is 44.7 Å². The van der Waals surface area contributed by atoms with Crippen LogP contribution in [0.1, 0.15) is 18.9 Å². The van der Waals surface area contributed by atoms with Crippen LogP contribution in [-0.2, 0) is 9.53 Å². The minimum absolute atomic E-state index is 0.0778. The Labute approximate surface area is 202 Å². The van der Waals surface area contributed by atoms with Gasteiger partial charge in [-0.05, 0) is 43.7 Å². The Hall–Kier alpha value is -2.45. The summed E-state index contributed by atoms with van der Waals surface area (Å²) < 4.78 is 7.77. The number of halogens is 1. The molecule has 0 saturated carbocycles. The van der Waals surface area contributed by atoms with Gasteiger partial charge in [0.25, 0.3) is 5.91 Å². The van der Waals surface area contributed by atoms with E-state index >= 15 is 0 Å². The molecule has 0 radical (unpaired) electrons. The molecule has 32 heavy (non-hydrogen) atoms. The fraction of sp³-hybridized carbons (Fsp3) is 0.208. The number of thioether (sulfide) groups is 1. The normalized spacial score (nSPS) is 15.2. The summed E-state index contributed by atoms with van der Waals surface area (Å²) in [5.41, 5.74) is 3.46. The van der Waals surface area contributed by atoms with Crippen LogP contribution < -0.4 is 0 Å². The second kappa shape index (κ2) is 10.4. The highest BCUT2D eigenvalue weighted by Crippen LogP contribution is 2.35. The molecular formula is C24H22ClN3O2S2. The lowest BCUT2D eigenvalue weighted by molar-refractivity contribution is -0.122. The molecule has 3 aromatic rings. The number of carbonyl (C=O) groups is 1. The summed E-state index contributed by atoms with van der Waals surface area (Å²) in [5, 5.41) is 5.46. The van der Waals surface area contributed by atoms with E-state index in [1.807, 2.05) is 78.5 Å². The van der Waals surface area contributed by atoms with Crippen molar-refractivity contribution in [3.8, 4) is 16.9 Å². The van der Waals surface area contributed by atoms with E-state index in [4.69, 9.17) is 33.7 Å². The number of aromatic nitrogens is 2. The number of rotatable bonds is 8. The van der Waals surface area contributed by atoms with Crippen molar-refractivity contribution in [3.63, 3.8) is 0 Å². The van der Waals surface area contributed by atoms with Crippen LogP contribution in [0.5, 0.6) is 0 Å². The van der Waals surface area contributed by atoms with Crippen molar-refractivity contribution >= 4 is 51.9 Å². The molecule has 164 valence electrons. The molecule has 0 bridgehead atoms. The van der Waals surface area contributed by atoms with Crippen LogP contribution in [0.3, 0.4) is 0 Å². The fourth-order valence-electron chi connectivity index (χ4n) is 3.34. The Kier molecular flexibility index (Phi) is 7.42. The molecule has 4 rings (SSSR count). The van der Waals surface area contributed by atoms with Gasteiger partial charge in [0.15, 0.2) is 0 Å². The van der Waals surface area contributed by atoms with E-state index in [1.165, 1.54) is 11.8 Å². The van der Waals surface area contributed by atoms with Gasteiger partial charge in [-0.1, -0.05) is 65.9 Å². The summed E-state index contributed by atoms with van der Waals surface area (Å²) in [4.78, 5) is 15.3. The first-order chi connectivity index (χ1) is 15.6. The second-order valence-electron chi connectivity index (χ2n) is 7.10. The third-order valence-electron chi connectivity index (χ3n) is 4.92. The van der Waals surface area contributed by atoms with Gasteiger partial charge in [-0.15, -0.1) is 0 Å². The van der Waals surface area contributed by atoms with Gasteiger partial charge in [0.2, 0.25) is 0 Å². The van der Waals surface area contributed by atoms with Crippen LogP contribution in [0, 0.1) is 0 Å².